The van der Waals surface area contributed by atoms with Gasteiger partial charge in [0, 0.05) is 29.0 Å². The minimum absolute atomic E-state index is 0.00260. The molecule has 0 radical (unpaired) electrons. The number of alkyl halides is 3. The second-order valence-corrected chi connectivity index (χ2v) is 9.40. The maximum absolute atomic E-state index is 14.6. The Morgan fingerprint density at radius 1 is 1.03 bits per heavy atom. The molecule has 0 spiro atoms. The summed E-state index contributed by atoms with van der Waals surface area (Å²) in [5.74, 6) is -0.707. The van der Waals surface area contributed by atoms with Crippen LogP contribution in [0.5, 0.6) is 0 Å². The summed E-state index contributed by atoms with van der Waals surface area (Å²) in [6, 6.07) is 9.01. The summed E-state index contributed by atoms with van der Waals surface area (Å²) in [6.07, 6.45) is -2.62. The molecule has 4 aromatic rings. The lowest BCUT2D eigenvalue weighted by atomic mass is 10.0. The monoisotopic (exact) mass is 467 g/mol. The molecular weight excluding hydrogens is 454 g/mol. The Morgan fingerprint density at radius 2 is 1.74 bits per heavy atom. The average molecular weight is 467 g/mol. The molecule has 0 aliphatic heterocycles. The lowest BCUT2D eigenvalue weighted by Crippen LogP contribution is -2.08. The SMILES string of the molecule is CS(=O)(=O)c1ccc(-n2cc(-c3ccc(-c4cscn4)c(F)c3)c(C(F)(F)F)n2)cc1. The Morgan fingerprint density at radius 3 is 2.29 bits per heavy atom. The van der Waals surface area contributed by atoms with Crippen LogP contribution in [-0.2, 0) is 16.0 Å². The molecule has 0 fully saturated rings. The maximum atomic E-state index is 14.6. The van der Waals surface area contributed by atoms with Gasteiger partial charge in [-0.1, -0.05) is 6.07 Å². The molecule has 0 saturated heterocycles. The summed E-state index contributed by atoms with van der Waals surface area (Å²) in [5, 5.41) is 5.27. The van der Waals surface area contributed by atoms with E-state index in [2.05, 4.69) is 10.1 Å². The summed E-state index contributed by atoms with van der Waals surface area (Å²) in [7, 11) is -3.45. The molecule has 11 heteroatoms. The zero-order chi connectivity index (χ0) is 22.4. The maximum Gasteiger partial charge on any atom is 0.435 e. The van der Waals surface area contributed by atoms with E-state index in [-0.39, 0.29) is 27.3 Å². The lowest BCUT2D eigenvalue weighted by molar-refractivity contribution is -0.140. The molecular formula is C20H13F4N3O2S2. The first kappa shape index (κ1) is 21.2. The van der Waals surface area contributed by atoms with Crippen LogP contribution in [0, 0.1) is 5.82 Å². The van der Waals surface area contributed by atoms with Crippen LogP contribution in [0.2, 0.25) is 0 Å². The van der Waals surface area contributed by atoms with Gasteiger partial charge >= 0.3 is 6.18 Å². The predicted octanol–water partition coefficient (Wildman–Crippen LogP) is 5.22. The van der Waals surface area contributed by atoms with Crippen molar-refractivity contribution >= 4 is 21.2 Å². The first-order valence-electron chi connectivity index (χ1n) is 8.70. The quantitative estimate of drug-likeness (QED) is 0.386. The third-order valence-electron chi connectivity index (χ3n) is 4.50. The number of rotatable bonds is 4. The van der Waals surface area contributed by atoms with E-state index in [0.717, 1.165) is 23.2 Å². The van der Waals surface area contributed by atoms with Crippen LogP contribution in [0.1, 0.15) is 5.69 Å². The Bertz CT molecular complexity index is 1340. The van der Waals surface area contributed by atoms with Gasteiger partial charge in [-0.15, -0.1) is 11.3 Å². The van der Waals surface area contributed by atoms with Gasteiger partial charge in [-0.25, -0.2) is 22.5 Å². The molecule has 0 amide bonds. The van der Waals surface area contributed by atoms with Crippen LogP contribution >= 0.6 is 11.3 Å². The molecule has 0 unspecified atom stereocenters. The van der Waals surface area contributed by atoms with E-state index >= 15 is 0 Å². The standard InChI is InChI=1S/C20H13F4N3O2S2/c1-31(28,29)14-5-3-13(4-6-14)27-9-16(19(26-27)20(22,23)24)12-2-7-15(17(21)8-12)18-10-30-11-25-18/h2-11H,1H3. The zero-order valence-corrected chi connectivity index (χ0v) is 17.4. The summed E-state index contributed by atoms with van der Waals surface area (Å²) in [6.45, 7) is 0. The molecule has 0 atom stereocenters. The largest absolute Gasteiger partial charge is 0.435 e. The van der Waals surface area contributed by atoms with Gasteiger partial charge in [0.2, 0.25) is 0 Å². The van der Waals surface area contributed by atoms with Crippen molar-refractivity contribution in [2.75, 3.05) is 6.26 Å². The van der Waals surface area contributed by atoms with Crippen LogP contribution in [0.25, 0.3) is 28.1 Å². The van der Waals surface area contributed by atoms with Crippen molar-refractivity contribution in [1.82, 2.24) is 14.8 Å². The van der Waals surface area contributed by atoms with Crippen molar-refractivity contribution in [2.24, 2.45) is 0 Å². The average Bonchev–Trinajstić information content (AvgIpc) is 3.37. The van der Waals surface area contributed by atoms with Gasteiger partial charge in [-0.3, -0.25) is 0 Å². The van der Waals surface area contributed by atoms with Crippen molar-refractivity contribution in [3.63, 3.8) is 0 Å². The molecule has 2 heterocycles. The van der Waals surface area contributed by atoms with E-state index in [0.29, 0.717) is 5.69 Å². The minimum Gasteiger partial charge on any atom is -0.245 e. The van der Waals surface area contributed by atoms with E-state index in [1.165, 1.54) is 53.2 Å². The van der Waals surface area contributed by atoms with Crippen LogP contribution in [-0.4, -0.2) is 29.4 Å². The van der Waals surface area contributed by atoms with Gasteiger partial charge in [-0.05, 0) is 42.0 Å². The Hall–Kier alpha value is -3.05. The Kier molecular flexibility index (Phi) is 5.18. The van der Waals surface area contributed by atoms with Crippen molar-refractivity contribution in [3.8, 4) is 28.1 Å². The van der Waals surface area contributed by atoms with Gasteiger partial charge in [0.1, 0.15) is 5.82 Å². The van der Waals surface area contributed by atoms with Gasteiger partial charge in [0.25, 0.3) is 0 Å². The van der Waals surface area contributed by atoms with Crippen LogP contribution < -0.4 is 0 Å². The lowest BCUT2D eigenvalue weighted by Gasteiger charge is -2.07. The van der Waals surface area contributed by atoms with Gasteiger partial charge in [0.05, 0.1) is 21.8 Å². The second-order valence-electron chi connectivity index (χ2n) is 6.67. The van der Waals surface area contributed by atoms with Crippen molar-refractivity contribution < 1.29 is 26.0 Å². The first-order chi connectivity index (χ1) is 14.5. The van der Waals surface area contributed by atoms with E-state index in [1.807, 2.05) is 0 Å². The number of hydrogen-bond donors (Lipinski definition) is 0. The number of aromatic nitrogens is 3. The molecule has 0 aliphatic rings. The summed E-state index contributed by atoms with van der Waals surface area (Å²) < 4.78 is 79.7. The molecule has 0 aliphatic carbocycles. The highest BCUT2D eigenvalue weighted by molar-refractivity contribution is 7.90. The summed E-state index contributed by atoms with van der Waals surface area (Å²) in [4.78, 5) is 4.04. The topological polar surface area (TPSA) is 64.8 Å². The highest BCUT2D eigenvalue weighted by Crippen LogP contribution is 2.38. The van der Waals surface area contributed by atoms with E-state index in [9.17, 15) is 26.0 Å². The number of sulfone groups is 1. The van der Waals surface area contributed by atoms with Crippen LogP contribution in [0.3, 0.4) is 0 Å². The summed E-state index contributed by atoms with van der Waals surface area (Å²) in [5.41, 5.74) is 0.855. The molecule has 160 valence electrons. The fourth-order valence-electron chi connectivity index (χ4n) is 3.01. The predicted molar refractivity (Wildman–Crippen MR) is 108 cm³/mol. The molecule has 2 aromatic carbocycles. The van der Waals surface area contributed by atoms with Crippen LogP contribution in [0.4, 0.5) is 17.6 Å². The van der Waals surface area contributed by atoms with E-state index in [1.54, 1.807) is 5.38 Å². The van der Waals surface area contributed by atoms with Crippen molar-refractivity contribution in [1.29, 1.82) is 0 Å². The van der Waals surface area contributed by atoms with Gasteiger partial charge in [-0.2, -0.15) is 18.3 Å². The number of nitrogens with zero attached hydrogens (tertiary/aromatic N) is 3. The summed E-state index contributed by atoms with van der Waals surface area (Å²) >= 11 is 1.28. The van der Waals surface area contributed by atoms with Gasteiger partial charge < -0.3 is 0 Å². The molecule has 5 nitrogen and oxygen atoms in total. The van der Waals surface area contributed by atoms with E-state index in [4.69, 9.17) is 0 Å². The fourth-order valence-corrected chi connectivity index (χ4v) is 4.19. The van der Waals surface area contributed by atoms with Crippen molar-refractivity contribution in [2.45, 2.75) is 11.1 Å². The highest BCUT2D eigenvalue weighted by atomic mass is 32.2. The molecule has 0 N–H and O–H groups in total. The van der Waals surface area contributed by atoms with E-state index < -0.39 is 27.5 Å². The molecule has 2 aromatic heterocycles. The zero-order valence-electron chi connectivity index (χ0n) is 15.8. The number of thiazole rings is 1. The Labute approximate surface area is 178 Å². The molecule has 0 saturated carbocycles. The third-order valence-corrected chi connectivity index (χ3v) is 6.22. The van der Waals surface area contributed by atoms with Gasteiger partial charge in [0.15, 0.2) is 15.5 Å². The molecule has 0 bridgehead atoms. The number of halogens is 4. The van der Waals surface area contributed by atoms with Crippen molar-refractivity contribution in [3.05, 3.63) is 71.1 Å². The molecule has 4 rings (SSSR count). The fraction of sp³-hybridized carbons (Fsp3) is 0.100. The Balaban J connectivity index is 1.80. The highest BCUT2D eigenvalue weighted by Gasteiger charge is 2.38. The molecule has 31 heavy (non-hydrogen) atoms. The van der Waals surface area contributed by atoms with Crippen LogP contribution in [0.15, 0.2) is 64.4 Å². The number of hydrogen-bond acceptors (Lipinski definition) is 5. The minimum atomic E-state index is -4.78. The second kappa shape index (κ2) is 7.57. The number of benzene rings is 2. The third kappa shape index (κ3) is 4.23. The first-order valence-corrected chi connectivity index (χ1v) is 11.5. The smallest absolute Gasteiger partial charge is 0.245 e. The normalized spacial score (nSPS) is 12.3.